The fraction of sp³-hybridized carbons (Fsp3) is 0.357. The summed E-state index contributed by atoms with van der Waals surface area (Å²) in [7, 11) is -5.64. The molecule has 0 bridgehead atoms. The second-order valence-corrected chi connectivity index (χ2v) is 7.26. The van der Waals surface area contributed by atoms with Gasteiger partial charge in [-0.2, -0.15) is 13.2 Å². The molecule has 0 atom stereocenters. The summed E-state index contributed by atoms with van der Waals surface area (Å²) in [5.74, 6) is 0. The molecule has 0 aliphatic carbocycles. The number of unbranched alkanes of at least 4 members (excludes halogenated alkanes) is 1. The molecule has 0 amide bonds. The molecule has 1 aromatic carbocycles. The molecule has 1 N–H and O–H groups in total. The molecule has 8 nitrogen and oxygen atoms in total. The molecule has 0 aliphatic heterocycles. The van der Waals surface area contributed by atoms with Crippen LogP contribution in [0.1, 0.15) is 12.8 Å². The summed E-state index contributed by atoms with van der Waals surface area (Å²) < 4.78 is 62.3. The summed E-state index contributed by atoms with van der Waals surface area (Å²) in [4.78, 5) is 12.9. The summed E-state index contributed by atoms with van der Waals surface area (Å²) in [6, 6.07) is 2.08. The highest BCUT2D eigenvalue weighted by Crippen LogP contribution is 2.34. The standard InChI is InChI=1S/C14H15F3N4O4S/c15-14(16,17)26(24,25)11-3-4-12(13(9-11)21(22)23)19-5-1-2-7-20-8-6-18-10-20/h3-4,6,8-10,19H,1-2,5,7H2. The summed E-state index contributed by atoms with van der Waals surface area (Å²) in [5, 5.41) is 13.8. The molecule has 0 spiro atoms. The molecule has 2 rings (SSSR count). The lowest BCUT2D eigenvalue weighted by Crippen LogP contribution is -2.23. The quantitative estimate of drug-likeness (QED) is 0.420. The van der Waals surface area contributed by atoms with Gasteiger partial charge in [0.1, 0.15) is 5.69 Å². The summed E-state index contributed by atoms with van der Waals surface area (Å²) >= 11 is 0. The maximum Gasteiger partial charge on any atom is 0.501 e. The van der Waals surface area contributed by atoms with E-state index in [0.717, 1.165) is 12.5 Å². The van der Waals surface area contributed by atoms with Gasteiger partial charge in [0, 0.05) is 31.5 Å². The van der Waals surface area contributed by atoms with Gasteiger partial charge in [-0.25, -0.2) is 13.4 Å². The van der Waals surface area contributed by atoms with Gasteiger partial charge in [0.05, 0.1) is 16.1 Å². The van der Waals surface area contributed by atoms with Gasteiger partial charge in [0.25, 0.3) is 15.5 Å². The maximum atomic E-state index is 12.6. The van der Waals surface area contributed by atoms with Crippen molar-refractivity contribution in [2.75, 3.05) is 11.9 Å². The average Bonchev–Trinajstić information content (AvgIpc) is 3.06. The predicted molar refractivity (Wildman–Crippen MR) is 86.3 cm³/mol. The van der Waals surface area contributed by atoms with Crippen molar-refractivity contribution in [2.45, 2.75) is 29.8 Å². The first-order chi connectivity index (χ1) is 12.1. The lowest BCUT2D eigenvalue weighted by Gasteiger charge is -2.11. The number of benzene rings is 1. The molecule has 0 saturated carbocycles. The number of hydrogen-bond acceptors (Lipinski definition) is 6. The van der Waals surface area contributed by atoms with E-state index in [0.29, 0.717) is 31.6 Å². The number of imidazole rings is 1. The molecule has 1 aromatic heterocycles. The molecule has 0 saturated heterocycles. The summed E-state index contributed by atoms with van der Waals surface area (Å²) in [6.07, 6.45) is 6.46. The number of aromatic nitrogens is 2. The molecular formula is C14H15F3N4O4S. The van der Waals surface area contributed by atoms with Crippen LogP contribution < -0.4 is 5.32 Å². The van der Waals surface area contributed by atoms with Crippen molar-refractivity contribution < 1.29 is 26.5 Å². The van der Waals surface area contributed by atoms with Crippen LogP contribution in [0.2, 0.25) is 0 Å². The largest absolute Gasteiger partial charge is 0.501 e. The average molecular weight is 392 g/mol. The molecule has 0 fully saturated rings. The minimum absolute atomic E-state index is 0.0428. The van der Waals surface area contributed by atoms with E-state index in [1.807, 2.05) is 4.57 Å². The zero-order valence-electron chi connectivity index (χ0n) is 13.3. The van der Waals surface area contributed by atoms with Crippen molar-refractivity contribution in [3.05, 3.63) is 47.0 Å². The second-order valence-electron chi connectivity index (χ2n) is 5.32. The third-order valence-electron chi connectivity index (χ3n) is 3.50. The molecule has 2 aromatic rings. The lowest BCUT2D eigenvalue weighted by atomic mass is 10.2. The third-order valence-corrected chi connectivity index (χ3v) is 4.98. The van der Waals surface area contributed by atoms with Crippen LogP contribution in [0.25, 0.3) is 0 Å². The summed E-state index contributed by atoms with van der Waals surface area (Å²) in [5.41, 5.74) is -6.30. The number of rotatable bonds is 8. The van der Waals surface area contributed by atoms with Gasteiger partial charge in [-0.1, -0.05) is 0 Å². The highest BCUT2D eigenvalue weighted by atomic mass is 32.2. The lowest BCUT2D eigenvalue weighted by molar-refractivity contribution is -0.384. The Balaban J connectivity index is 2.05. The van der Waals surface area contributed by atoms with Crippen LogP contribution in [0.5, 0.6) is 0 Å². The van der Waals surface area contributed by atoms with Crippen molar-refractivity contribution >= 4 is 21.2 Å². The predicted octanol–water partition coefficient (Wildman–Crippen LogP) is 2.98. The normalized spacial score (nSPS) is 12.1. The van der Waals surface area contributed by atoms with E-state index in [4.69, 9.17) is 0 Å². The Morgan fingerprint density at radius 2 is 2.00 bits per heavy atom. The topological polar surface area (TPSA) is 107 Å². The first-order valence-corrected chi connectivity index (χ1v) is 8.90. The summed E-state index contributed by atoms with van der Waals surface area (Å²) in [6.45, 7) is 1.04. The zero-order chi connectivity index (χ0) is 19.4. The number of hydrogen-bond donors (Lipinski definition) is 1. The van der Waals surface area contributed by atoms with Gasteiger partial charge >= 0.3 is 5.51 Å². The number of nitrogens with one attached hydrogen (secondary N) is 1. The van der Waals surface area contributed by atoms with E-state index < -0.39 is 30.9 Å². The van der Waals surface area contributed by atoms with Crippen molar-refractivity contribution in [3.63, 3.8) is 0 Å². The minimum atomic E-state index is -5.64. The van der Waals surface area contributed by atoms with Crippen molar-refractivity contribution in [3.8, 4) is 0 Å². The highest BCUT2D eigenvalue weighted by molar-refractivity contribution is 7.92. The van der Waals surface area contributed by atoms with Crippen molar-refractivity contribution in [1.82, 2.24) is 9.55 Å². The Hall–Kier alpha value is -2.63. The van der Waals surface area contributed by atoms with Gasteiger partial charge in [0.15, 0.2) is 0 Å². The smallest absolute Gasteiger partial charge is 0.379 e. The van der Waals surface area contributed by atoms with Crippen LogP contribution in [0.15, 0.2) is 41.8 Å². The molecule has 0 unspecified atom stereocenters. The Labute approximate surface area is 146 Å². The molecule has 0 radical (unpaired) electrons. The number of alkyl halides is 3. The van der Waals surface area contributed by atoms with Gasteiger partial charge < -0.3 is 9.88 Å². The van der Waals surface area contributed by atoms with Crippen LogP contribution in [-0.4, -0.2) is 34.9 Å². The van der Waals surface area contributed by atoms with E-state index in [1.54, 1.807) is 18.7 Å². The maximum absolute atomic E-state index is 12.6. The first kappa shape index (κ1) is 19.7. The number of nitro groups is 1. The van der Waals surface area contributed by atoms with Gasteiger partial charge in [-0.05, 0) is 25.0 Å². The fourth-order valence-corrected chi connectivity index (χ4v) is 2.96. The number of anilines is 1. The Morgan fingerprint density at radius 1 is 1.27 bits per heavy atom. The number of nitro benzene ring substituents is 1. The number of halogens is 3. The van der Waals surface area contributed by atoms with Crippen LogP contribution in [0.4, 0.5) is 24.5 Å². The molecule has 1 heterocycles. The first-order valence-electron chi connectivity index (χ1n) is 7.42. The molecular weight excluding hydrogens is 377 g/mol. The molecule has 26 heavy (non-hydrogen) atoms. The Kier molecular flexibility index (Phi) is 5.85. The van der Waals surface area contributed by atoms with E-state index in [9.17, 15) is 31.7 Å². The molecule has 0 aliphatic rings. The van der Waals surface area contributed by atoms with Gasteiger partial charge in [-0.3, -0.25) is 10.1 Å². The molecule has 12 heteroatoms. The van der Waals surface area contributed by atoms with Gasteiger partial charge in [-0.15, -0.1) is 0 Å². The monoisotopic (exact) mass is 392 g/mol. The molecule has 142 valence electrons. The highest BCUT2D eigenvalue weighted by Gasteiger charge is 2.47. The van der Waals surface area contributed by atoms with Crippen LogP contribution in [-0.2, 0) is 16.4 Å². The Bertz CT molecular complexity index is 867. The number of aryl methyl sites for hydroxylation is 1. The van der Waals surface area contributed by atoms with Gasteiger partial charge in [0.2, 0.25) is 0 Å². The minimum Gasteiger partial charge on any atom is -0.379 e. The third kappa shape index (κ3) is 4.50. The van der Waals surface area contributed by atoms with E-state index in [1.165, 1.54) is 0 Å². The van der Waals surface area contributed by atoms with E-state index >= 15 is 0 Å². The van der Waals surface area contributed by atoms with Crippen molar-refractivity contribution in [1.29, 1.82) is 0 Å². The van der Waals surface area contributed by atoms with E-state index in [-0.39, 0.29) is 5.69 Å². The Morgan fingerprint density at radius 3 is 2.58 bits per heavy atom. The van der Waals surface area contributed by atoms with Crippen LogP contribution in [0, 0.1) is 10.1 Å². The van der Waals surface area contributed by atoms with Crippen molar-refractivity contribution in [2.24, 2.45) is 0 Å². The number of sulfone groups is 1. The number of nitrogens with zero attached hydrogens (tertiary/aromatic N) is 3. The zero-order valence-corrected chi connectivity index (χ0v) is 14.1. The van der Waals surface area contributed by atoms with E-state index in [2.05, 4.69) is 10.3 Å². The van der Waals surface area contributed by atoms with Crippen LogP contribution in [0.3, 0.4) is 0 Å². The van der Waals surface area contributed by atoms with Crippen LogP contribution >= 0.6 is 0 Å². The fourth-order valence-electron chi connectivity index (χ4n) is 2.17. The SMILES string of the molecule is O=[N+]([O-])c1cc(S(=O)(=O)C(F)(F)F)ccc1NCCCCn1ccnc1. The second kappa shape index (κ2) is 7.72.